The standard InChI is InChI=1S/C13H11NO2S2/c1-8(15)9-6-18-13(14-9)11-7-17-12-5-3-2-4-10(12)16-11/h2-6,11H,7H2,1H3. The minimum Gasteiger partial charge on any atom is -0.481 e. The molecular formula is C13H11NO2S2. The van der Waals surface area contributed by atoms with Gasteiger partial charge in [-0.15, -0.1) is 23.1 Å². The second-order valence-electron chi connectivity index (χ2n) is 3.99. The minimum atomic E-state index is -0.0528. The van der Waals surface area contributed by atoms with Gasteiger partial charge in [0.25, 0.3) is 0 Å². The van der Waals surface area contributed by atoms with Crippen LogP contribution in [-0.2, 0) is 0 Å². The molecule has 1 aliphatic heterocycles. The van der Waals surface area contributed by atoms with E-state index in [1.807, 2.05) is 18.2 Å². The maximum Gasteiger partial charge on any atom is 0.178 e. The van der Waals surface area contributed by atoms with Crippen molar-refractivity contribution in [3.8, 4) is 5.75 Å². The highest BCUT2D eigenvalue weighted by Crippen LogP contribution is 2.40. The van der Waals surface area contributed by atoms with Crippen molar-refractivity contribution in [2.24, 2.45) is 0 Å². The van der Waals surface area contributed by atoms with Crippen LogP contribution >= 0.6 is 23.1 Å². The Morgan fingerprint density at radius 1 is 1.44 bits per heavy atom. The van der Waals surface area contributed by atoms with Gasteiger partial charge in [0.1, 0.15) is 16.5 Å². The summed E-state index contributed by atoms with van der Waals surface area (Å²) < 4.78 is 5.93. The Labute approximate surface area is 113 Å². The highest BCUT2D eigenvalue weighted by Gasteiger charge is 2.24. The Morgan fingerprint density at radius 2 is 2.28 bits per heavy atom. The second-order valence-corrected chi connectivity index (χ2v) is 5.94. The van der Waals surface area contributed by atoms with Crippen LogP contribution in [0.5, 0.6) is 5.75 Å². The molecule has 0 fully saturated rings. The van der Waals surface area contributed by atoms with Crippen LogP contribution in [0.15, 0.2) is 34.5 Å². The number of ether oxygens (including phenoxy) is 1. The minimum absolute atomic E-state index is 0.00126. The van der Waals surface area contributed by atoms with Crippen LogP contribution in [0.1, 0.15) is 28.5 Å². The molecule has 5 heteroatoms. The van der Waals surface area contributed by atoms with Crippen molar-refractivity contribution in [1.82, 2.24) is 4.98 Å². The highest BCUT2D eigenvalue weighted by atomic mass is 32.2. The molecule has 0 aliphatic carbocycles. The number of aromatic nitrogens is 1. The van der Waals surface area contributed by atoms with E-state index in [0.717, 1.165) is 21.4 Å². The van der Waals surface area contributed by atoms with E-state index < -0.39 is 0 Å². The quantitative estimate of drug-likeness (QED) is 0.787. The summed E-state index contributed by atoms with van der Waals surface area (Å²) in [6, 6.07) is 7.99. The molecule has 2 heterocycles. The van der Waals surface area contributed by atoms with Crippen LogP contribution < -0.4 is 4.74 Å². The lowest BCUT2D eigenvalue weighted by molar-refractivity contribution is 0.101. The summed E-state index contributed by atoms with van der Waals surface area (Å²) in [6.07, 6.45) is -0.0528. The van der Waals surface area contributed by atoms with Gasteiger partial charge in [-0.3, -0.25) is 4.79 Å². The first-order valence-electron chi connectivity index (χ1n) is 5.59. The fourth-order valence-corrected chi connectivity index (χ4v) is 3.72. The number of fused-ring (bicyclic) bond motifs is 1. The zero-order valence-corrected chi connectivity index (χ0v) is 11.4. The zero-order chi connectivity index (χ0) is 12.5. The highest BCUT2D eigenvalue weighted by molar-refractivity contribution is 7.99. The molecule has 0 bridgehead atoms. The number of rotatable bonds is 2. The average molecular weight is 277 g/mol. The lowest BCUT2D eigenvalue weighted by atomic mass is 10.3. The van der Waals surface area contributed by atoms with Gasteiger partial charge in [-0.25, -0.2) is 4.98 Å². The number of para-hydroxylation sites is 1. The van der Waals surface area contributed by atoms with Gasteiger partial charge in [-0.1, -0.05) is 12.1 Å². The molecule has 1 unspecified atom stereocenters. The fourth-order valence-electron chi connectivity index (χ4n) is 1.74. The first kappa shape index (κ1) is 11.7. The monoisotopic (exact) mass is 277 g/mol. The van der Waals surface area contributed by atoms with Gasteiger partial charge in [0.2, 0.25) is 0 Å². The predicted octanol–water partition coefficient (Wildman–Crippen LogP) is 3.57. The van der Waals surface area contributed by atoms with Crippen LogP contribution in [0.3, 0.4) is 0 Å². The summed E-state index contributed by atoms with van der Waals surface area (Å²) in [5.74, 6) is 1.74. The Bertz CT molecular complexity index is 594. The van der Waals surface area contributed by atoms with Crippen molar-refractivity contribution >= 4 is 28.9 Å². The van der Waals surface area contributed by atoms with Crippen LogP contribution in [0.2, 0.25) is 0 Å². The van der Waals surface area contributed by atoms with Gasteiger partial charge in [-0.05, 0) is 12.1 Å². The van der Waals surface area contributed by atoms with Gasteiger partial charge in [-0.2, -0.15) is 0 Å². The summed E-state index contributed by atoms with van der Waals surface area (Å²) in [5.41, 5.74) is 0.530. The predicted molar refractivity (Wildman–Crippen MR) is 72.7 cm³/mol. The van der Waals surface area contributed by atoms with Crippen molar-refractivity contribution in [3.05, 3.63) is 40.3 Å². The number of benzene rings is 1. The molecule has 0 saturated heterocycles. The molecule has 1 aliphatic rings. The van der Waals surface area contributed by atoms with E-state index in [1.165, 1.54) is 18.3 Å². The second kappa shape index (κ2) is 4.74. The number of hydrogen-bond donors (Lipinski definition) is 0. The number of thioether (sulfide) groups is 1. The zero-order valence-electron chi connectivity index (χ0n) is 9.75. The van der Waals surface area contributed by atoms with Crippen LogP contribution in [0, 0.1) is 0 Å². The van der Waals surface area contributed by atoms with E-state index >= 15 is 0 Å². The molecule has 2 aromatic rings. The van der Waals surface area contributed by atoms with E-state index in [-0.39, 0.29) is 11.9 Å². The van der Waals surface area contributed by atoms with Crippen LogP contribution in [0.4, 0.5) is 0 Å². The Morgan fingerprint density at radius 3 is 3.06 bits per heavy atom. The third-order valence-corrected chi connectivity index (χ3v) is 4.72. The van der Waals surface area contributed by atoms with Crippen molar-refractivity contribution in [2.75, 3.05) is 5.75 Å². The van der Waals surface area contributed by atoms with Crippen molar-refractivity contribution in [1.29, 1.82) is 0 Å². The molecule has 1 aromatic carbocycles. The molecule has 0 N–H and O–H groups in total. The van der Waals surface area contributed by atoms with E-state index in [2.05, 4.69) is 11.1 Å². The number of Topliss-reactive ketones (excluding diaryl/α,β-unsaturated/α-hetero) is 1. The molecule has 18 heavy (non-hydrogen) atoms. The van der Waals surface area contributed by atoms with E-state index in [4.69, 9.17) is 4.74 Å². The summed E-state index contributed by atoms with van der Waals surface area (Å²) in [4.78, 5) is 16.7. The number of hydrogen-bond acceptors (Lipinski definition) is 5. The topological polar surface area (TPSA) is 39.2 Å². The van der Waals surface area contributed by atoms with Crippen molar-refractivity contribution in [2.45, 2.75) is 17.9 Å². The lowest BCUT2D eigenvalue weighted by Gasteiger charge is -2.23. The summed E-state index contributed by atoms with van der Waals surface area (Å²) in [5, 5.41) is 2.67. The van der Waals surface area contributed by atoms with E-state index in [0.29, 0.717) is 5.69 Å². The molecule has 1 atom stereocenters. The molecule has 0 amide bonds. The molecule has 3 rings (SSSR count). The molecule has 92 valence electrons. The number of nitrogens with zero attached hydrogens (tertiary/aromatic N) is 1. The first-order chi connectivity index (χ1) is 8.74. The van der Waals surface area contributed by atoms with Crippen LogP contribution in [-0.4, -0.2) is 16.5 Å². The molecule has 3 nitrogen and oxygen atoms in total. The molecule has 0 radical (unpaired) electrons. The van der Waals surface area contributed by atoms with Gasteiger partial charge >= 0.3 is 0 Å². The lowest BCUT2D eigenvalue weighted by Crippen LogP contribution is -2.14. The Hall–Kier alpha value is -1.33. The van der Waals surface area contributed by atoms with Gasteiger partial charge in [0, 0.05) is 23.0 Å². The van der Waals surface area contributed by atoms with Crippen molar-refractivity contribution in [3.63, 3.8) is 0 Å². The van der Waals surface area contributed by atoms with Gasteiger partial charge in [0.15, 0.2) is 11.9 Å². The fraction of sp³-hybridized carbons (Fsp3) is 0.231. The van der Waals surface area contributed by atoms with E-state index in [1.54, 1.807) is 17.1 Å². The molecule has 1 aromatic heterocycles. The number of carbonyl (C=O) groups excluding carboxylic acids is 1. The van der Waals surface area contributed by atoms with Gasteiger partial charge in [0.05, 0.1) is 0 Å². The smallest absolute Gasteiger partial charge is 0.178 e. The van der Waals surface area contributed by atoms with Crippen molar-refractivity contribution < 1.29 is 9.53 Å². The maximum absolute atomic E-state index is 11.2. The van der Waals surface area contributed by atoms with Gasteiger partial charge < -0.3 is 4.74 Å². The molecule has 0 saturated carbocycles. The Kier molecular flexibility index (Phi) is 3.09. The third kappa shape index (κ3) is 2.15. The molecule has 0 spiro atoms. The summed E-state index contributed by atoms with van der Waals surface area (Å²) in [7, 11) is 0. The first-order valence-corrected chi connectivity index (χ1v) is 7.45. The Balaban J connectivity index is 1.85. The third-order valence-electron chi connectivity index (χ3n) is 2.67. The maximum atomic E-state index is 11.2. The average Bonchev–Trinajstić information content (AvgIpc) is 2.88. The van der Waals surface area contributed by atoms with E-state index in [9.17, 15) is 4.79 Å². The molecular weight excluding hydrogens is 266 g/mol. The SMILES string of the molecule is CC(=O)c1csc(C2CSc3ccccc3O2)n1. The summed E-state index contributed by atoms with van der Waals surface area (Å²) in [6.45, 7) is 1.53. The number of thiazole rings is 1. The largest absolute Gasteiger partial charge is 0.481 e. The number of carbonyl (C=O) groups is 1. The normalized spacial score (nSPS) is 17.9. The van der Waals surface area contributed by atoms with Crippen LogP contribution in [0.25, 0.3) is 0 Å². The summed E-state index contributed by atoms with van der Waals surface area (Å²) >= 11 is 3.25. The number of ketones is 1.